The Hall–Kier alpha value is -4.25. The summed E-state index contributed by atoms with van der Waals surface area (Å²) in [5.74, 6) is -2.60. The molecule has 1 amide bonds. The SMILES string of the molecule is Cc1nn(C)cc1-c1cnc(N)c(-c2ccc(C(=O)NC(CO)c3cc(F)cc(C(F)F)c3)c(F)c2)c1. The number of halogens is 4. The van der Waals surface area contributed by atoms with Crippen LogP contribution in [0.1, 0.15) is 39.6 Å². The molecule has 0 aliphatic heterocycles. The molecule has 11 heteroatoms. The number of benzene rings is 2. The van der Waals surface area contributed by atoms with Gasteiger partial charge in [0.1, 0.15) is 17.5 Å². The first-order valence-corrected chi connectivity index (χ1v) is 11.1. The number of amides is 1. The van der Waals surface area contributed by atoms with E-state index in [0.717, 1.165) is 35.0 Å². The second-order valence-corrected chi connectivity index (χ2v) is 8.48. The van der Waals surface area contributed by atoms with E-state index in [2.05, 4.69) is 15.4 Å². The summed E-state index contributed by atoms with van der Waals surface area (Å²) in [6.45, 7) is 1.12. The molecule has 7 nitrogen and oxygen atoms in total. The lowest BCUT2D eigenvalue weighted by Gasteiger charge is -2.18. The molecule has 0 aliphatic carbocycles. The fraction of sp³-hybridized carbons (Fsp3) is 0.192. The van der Waals surface area contributed by atoms with Gasteiger partial charge < -0.3 is 16.2 Å². The number of nitrogens with one attached hydrogen (secondary N) is 1. The van der Waals surface area contributed by atoms with E-state index in [1.165, 1.54) is 12.1 Å². The van der Waals surface area contributed by atoms with Crippen molar-refractivity contribution >= 4 is 11.7 Å². The van der Waals surface area contributed by atoms with Crippen LogP contribution in [0.5, 0.6) is 0 Å². The number of nitrogens with zero attached hydrogens (tertiary/aromatic N) is 3. The number of aryl methyl sites for hydroxylation is 2. The van der Waals surface area contributed by atoms with E-state index in [1.54, 1.807) is 24.0 Å². The lowest BCUT2D eigenvalue weighted by atomic mass is 9.99. The molecule has 37 heavy (non-hydrogen) atoms. The Morgan fingerprint density at radius 3 is 2.43 bits per heavy atom. The minimum Gasteiger partial charge on any atom is -0.394 e. The minimum atomic E-state index is -2.95. The number of hydrogen-bond donors (Lipinski definition) is 3. The highest BCUT2D eigenvalue weighted by molar-refractivity contribution is 5.95. The Kier molecular flexibility index (Phi) is 7.25. The second-order valence-electron chi connectivity index (χ2n) is 8.48. The van der Waals surface area contributed by atoms with Crippen molar-refractivity contribution in [1.29, 1.82) is 0 Å². The molecule has 4 rings (SSSR count). The zero-order chi connectivity index (χ0) is 26.9. The molecule has 2 heterocycles. The van der Waals surface area contributed by atoms with Crippen LogP contribution in [0.15, 0.2) is 54.9 Å². The van der Waals surface area contributed by atoms with Crippen molar-refractivity contribution in [3.05, 3.63) is 88.9 Å². The molecule has 0 fully saturated rings. The summed E-state index contributed by atoms with van der Waals surface area (Å²) in [6.07, 6.45) is 0.458. The van der Waals surface area contributed by atoms with E-state index >= 15 is 4.39 Å². The van der Waals surface area contributed by atoms with Gasteiger partial charge in [0.15, 0.2) is 0 Å². The van der Waals surface area contributed by atoms with Crippen LogP contribution in [0.3, 0.4) is 0 Å². The quantitative estimate of drug-likeness (QED) is 0.310. The van der Waals surface area contributed by atoms with Crippen molar-refractivity contribution in [2.24, 2.45) is 7.05 Å². The summed E-state index contributed by atoms with van der Waals surface area (Å²) in [5.41, 5.74) is 8.13. The van der Waals surface area contributed by atoms with Crippen molar-refractivity contribution in [1.82, 2.24) is 20.1 Å². The summed E-state index contributed by atoms with van der Waals surface area (Å²) in [5, 5.41) is 16.3. The molecule has 2 aromatic carbocycles. The molecular weight excluding hydrogens is 490 g/mol. The number of carbonyl (C=O) groups is 1. The zero-order valence-electron chi connectivity index (χ0n) is 19.8. The minimum absolute atomic E-state index is 0.0791. The fourth-order valence-electron chi connectivity index (χ4n) is 4.04. The van der Waals surface area contributed by atoms with Gasteiger partial charge in [-0.3, -0.25) is 9.48 Å². The van der Waals surface area contributed by atoms with Gasteiger partial charge >= 0.3 is 0 Å². The molecule has 4 N–H and O–H groups in total. The number of carbonyl (C=O) groups excluding carboxylic acids is 1. The number of aliphatic hydroxyl groups excluding tert-OH is 1. The highest BCUT2D eigenvalue weighted by Crippen LogP contribution is 2.32. The Labute approximate surface area is 209 Å². The van der Waals surface area contributed by atoms with Crippen LogP contribution in [0, 0.1) is 18.6 Å². The van der Waals surface area contributed by atoms with Crippen molar-refractivity contribution in [3.63, 3.8) is 0 Å². The van der Waals surface area contributed by atoms with Gasteiger partial charge in [0, 0.05) is 41.7 Å². The largest absolute Gasteiger partial charge is 0.394 e. The lowest BCUT2D eigenvalue weighted by molar-refractivity contribution is 0.0912. The maximum Gasteiger partial charge on any atom is 0.263 e. The van der Waals surface area contributed by atoms with Crippen LogP contribution >= 0.6 is 0 Å². The molecule has 0 spiro atoms. The highest BCUT2D eigenvalue weighted by atomic mass is 19.3. The third-order valence-corrected chi connectivity index (χ3v) is 5.85. The number of aliphatic hydroxyl groups is 1. The molecule has 192 valence electrons. The summed E-state index contributed by atoms with van der Waals surface area (Å²) in [7, 11) is 1.79. The van der Waals surface area contributed by atoms with Crippen LogP contribution < -0.4 is 11.1 Å². The number of hydrogen-bond acceptors (Lipinski definition) is 5. The maximum absolute atomic E-state index is 15.0. The van der Waals surface area contributed by atoms with Crippen LogP contribution in [0.2, 0.25) is 0 Å². The summed E-state index contributed by atoms with van der Waals surface area (Å²) in [4.78, 5) is 17.0. The smallest absolute Gasteiger partial charge is 0.263 e. The van der Waals surface area contributed by atoms with E-state index in [0.29, 0.717) is 17.2 Å². The van der Waals surface area contributed by atoms with Gasteiger partial charge in [-0.15, -0.1) is 0 Å². The average molecular weight is 513 g/mol. The van der Waals surface area contributed by atoms with E-state index in [4.69, 9.17) is 5.73 Å². The van der Waals surface area contributed by atoms with Gasteiger partial charge in [-0.1, -0.05) is 6.07 Å². The van der Waals surface area contributed by atoms with Gasteiger partial charge in [-0.25, -0.2) is 22.5 Å². The number of anilines is 1. The topological polar surface area (TPSA) is 106 Å². The third-order valence-electron chi connectivity index (χ3n) is 5.85. The maximum atomic E-state index is 15.0. The number of nitrogen functional groups attached to an aromatic ring is 1. The Morgan fingerprint density at radius 1 is 1.08 bits per heavy atom. The van der Waals surface area contributed by atoms with Gasteiger partial charge in [0.2, 0.25) is 0 Å². The highest BCUT2D eigenvalue weighted by Gasteiger charge is 2.21. The first-order chi connectivity index (χ1) is 17.6. The predicted molar refractivity (Wildman–Crippen MR) is 130 cm³/mol. The Balaban J connectivity index is 1.61. The summed E-state index contributed by atoms with van der Waals surface area (Å²) in [6, 6.07) is 6.89. The van der Waals surface area contributed by atoms with Crippen molar-refractivity contribution in [3.8, 4) is 22.3 Å². The van der Waals surface area contributed by atoms with Crippen molar-refractivity contribution < 1.29 is 27.5 Å². The molecule has 0 radical (unpaired) electrons. The molecule has 0 saturated carbocycles. The zero-order valence-corrected chi connectivity index (χ0v) is 19.8. The summed E-state index contributed by atoms with van der Waals surface area (Å²) < 4.78 is 56.6. The van der Waals surface area contributed by atoms with Gasteiger partial charge in [-0.2, -0.15) is 5.10 Å². The molecule has 1 atom stereocenters. The second kappa shape index (κ2) is 10.4. The molecule has 0 aliphatic rings. The van der Waals surface area contributed by atoms with Crippen LogP contribution in [0.4, 0.5) is 23.4 Å². The number of alkyl halides is 2. The number of pyridine rings is 1. The lowest BCUT2D eigenvalue weighted by Crippen LogP contribution is -2.31. The van der Waals surface area contributed by atoms with Crippen molar-refractivity contribution in [2.45, 2.75) is 19.4 Å². The predicted octanol–water partition coefficient (Wildman–Crippen LogP) is 4.72. The molecule has 1 unspecified atom stereocenters. The van der Waals surface area contributed by atoms with Crippen LogP contribution in [-0.2, 0) is 7.05 Å². The molecule has 4 aromatic rings. The van der Waals surface area contributed by atoms with E-state index in [-0.39, 0.29) is 16.9 Å². The number of rotatable bonds is 7. The summed E-state index contributed by atoms with van der Waals surface area (Å²) >= 11 is 0. The van der Waals surface area contributed by atoms with E-state index < -0.39 is 42.2 Å². The third kappa shape index (κ3) is 5.46. The van der Waals surface area contributed by atoms with Crippen LogP contribution in [-0.4, -0.2) is 32.4 Å². The standard InChI is InChI=1S/C26H23F4N5O2/c1-13-21(11-35(2)34-13)17-8-20(25(31)32-10-17)14-3-4-19(22(28)9-14)26(37)33-23(12-36)15-5-16(24(29)30)7-18(27)6-15/h3-11,23-24,36H,12H2,1-2H3,(H2,31,32)(H,33,37). The number of aromatic nitrogens is 3. The van der Waals surface area contributed by atoms with E-state index in [1.807, 2.05) is 13.1 Å². The normalized spacial score (nSPS) is 12.1. The monoisotopic (exact) mass is 513 g/mol. The van der Waals surface area contributed by atoms with Gasteiger partial charge in [0.25, 0.3) is 12.3 Å². The van der Waals surface area contributed by atoms with E-state index in [9.17, 15) is 23.1 Å². The first kappa shape index (κ1) is 25.8. The fourth-order valence-corrected chi connectivity index (χ4v) is 4.04. The average Bonchev–Trinajstić information content (AvgIpc) is 3.19. The Bertz CT molecular complexity index is 1470. The Morgan fingerprint density at radius 2 is 1.81 bits per heavy atom. The van der Waals surface area contributed by atoms with Gasteiger partial charge in [0.05, 0.1) is 23.9 Å². The number of nitrogens with two attached hydrogens (primary N) is 1. The van der Waals surface area contributed by atoms with Crippen molar-refractivity contribution in [2.75, 3.05) is 12.3 Å². The van der Waals surface area contributed by atoms with Crippen LogP contribution in [0.25, 0.3) is 22.3 Å². The molecular formula is C26H23F4N5O2. The molecule has 2 aromatic heterocycles. The molecule has 0 saturated heterocycles. The molecule has 0 bridgehead atoms. The first-order valence-electron chi connectivity index (χ1n) is 11.1. The van der Waals surface area contributed by atoms with Gasteiger partial charge in [-0.05, 0) is 54.4 Å².